The van der Waals surface area contributed by atoms with E-state index in [0.717, 1.165) is 6.42 Å². The molecule has 78 valence electrons. The van der Waals surface area contributed by atoms with Crippen molar-refractivity contribution in [3.63, 3.8) is 0 Å². The normalized spacial score (nSPS) is 8.08. The minimum atomic E-state index is -0.500. The molecule has 0 saturated carbocycles. The molecular weight excluding hydrogens is 208 g/mol. The van der Waals surface area contributed by atoms with Gasteiger partial charge in [0.05, 0.1) is 6.61 Å². The molecule has 0 saturated heterocycles. The van der Waals surface area contributed by atoms with Gasteiger partial charge in [-0.2, -0.15) is 0 Å². The number of unbranched alkanes of at least 4 members (excludes halogenated alkanes) is 2. The van der Waals surface area contributed by atoms with Gasteiger partial charge in [0.15, 0.2) is 0 Å². The van der Waals surface area contributed by atoms with Crippen LogP contribution in [0.15, 0.2) is 0 Å². The fourth-order valence-electron chi connectivity index (χ4n) is 0.525. The third-order valence-corrected chi connectivity index (χ3v) is 1.11. The summed E-state index contributed by atoms with van der Waals surface area (Å²) in [6, 6.07) is 0. The summed E-state index contributed by atoms with van der Waals surface area (Å²) in [5, 5.41) is 7.22. The molecule has 0 aliphatic carbocycles. The van der Waals surface area contributed by atoms with Crippen LogP contribution in [0.1, 0.15) is 26.2 Å². The molecule has 0 rings (SSSR count). The molecule has 13 heavy (non-hydrogen) atoms. The third kappa shape index (κ3) is 34.6. The highest BCUT2D eigenvalue weighted by atomic mass is 32.1. The Morgan fingerprint density at radius 1 is 1.31 bits per heavy atom. The van der Waals surface area contributed by atoms with Crippen molar-refractivity contribution in [1.29, 1.82) is 0 Å². The minimum absolute atomic E-state index is 0.158. The van der Waals surface area contributed by atoms with Gasteiger partial charge in [0.2, 0.25) is 0 Å². The van der Waals surface area contributed by atoms with E-state index < -0.39 is 5.17 Å². The molecule has 0 aromatic rings. The molecule has 4 nitrogen and oxygen atoms in total. The molecule has 0 aliphatic heterocycles. The standard InChI is InChI=1S/C6H13NOS.CH3NOS/c1-2-3-4-5-8-6(7)9;2-1(3)4/h2-5H2,1H3,(H2,7,9);(H3,2,3,4). The smallest absolute Gasteiger partial charge is 0.253 e. The molecule has 0 atom stereocenters. The molecule has 0 radical (unpaired) electrons. The number of aliphatic hydroxyl groups is 1. The average Bonchev–Trinajstić information content (AvgIpc) is 1.97. The van der Waals surface area contributed by atoms with Crippen molar-refractivity contribution < 1.29 is 9.84 Å². The maximum atomic E-state index is 7.56. The predicted octanol–water partition coefficient (Wildman–Crippen LogP) is 1.22. The molecule has 0 spiro atoms. The van der Waals surface area contributed by atoms with Crippen molar-refractivity contribution in [2.24, 2.45) is 11.5 Å². The molecule has 0 aromatic carbocycles. The van der Waals surface area contributed by atoms with E-state index in [1.165, 1.54) is 12.8 Å². The van der Waals surface area contributed by atoms with Crippen LogP contribution < -0.4 is 11.5 Å². The van der Waals surface area contributed by atoms with Gasteiger partial charge in [-0.3, -0.25) is 0 Å². The van der Waals surface area contributed by atoms with Gasteiger partial charge in [-0.15, -0.1) is 0 Å². The van der Waals surface area contributed by atoms with E-state index in [2.05, 4.69) is 37.1 Å². The number of nitrogens with two attached hydrogens (primary N) is 2. The Bertz CT molecular complexity index is 149. The molecule has 0 unspecified atom stereocenters. The Labute approximate surface area is 89.2 Å². The highest BCUT2D eigenvalue weighted by molar-refractivity contribution is 7.80. The quantitative estimate of drug-likeness (QED) is 0.492. The average molecular weight is 224 g/mol. The van der Waals surface area contributed by atoms with Crippen LogP contribution in [-0.4, -0.2) is 22.1 Å². The van der Waals surface area contributed by atoms with Gasteiger partial charge >= 0.3 is 0 Å². The van der Waals surface area contributed by atoms with E-state index >= 15 is 0 Å². The molecule has 5 N–H and O–H groups in total. The van der Waals surface area contributed by atoms with Crippen molar-refractivity contribution in [3.8, 4) is 0 Å². The highest BCUT2D eigenvalue weighted by Gasteiger charge is 1.87. The van der Waals surface area contributed by atoms with Gasteiger partial charge in [0.1, 0.15) is 0 Å². The first kappa shape index (κ1) is 14.9. The number of ether oxygens (including phenoxy) is 1. The zero-order valence-corrected chi connectivity index (χ0v) is 9.29. The van der Waals surface area contributed by atoms with E-state index in [1.807, 2.05) is 0 Å². The second kappa shape index (κ2) is 11.4. The van der Waals surface area contributed by atoms with Gasteiger partial charge in [0.25, 0.3) is 10.3 Å². The van der Waals surface area contributed by atoms with Gasteiger partial charge in [-0.25, -0.2) is 0 Å². The van der Waals surface area contributed by atoms with Gasteiger partial charge in [0, 0.05) is 0 Å². The third-order valence-electron chi connectivity index (χ3n) is 0.992. The maximum absolute atomic E-state index is 7.56. The molecule has 6 heteroatoms. The van der Waals surface area contributed by atoms with Crippen LogP contribution in [0.2, 0.25) is 0 Å². The Morgan fingerprint density at radius 2 is 1.77 bits per heavy atom. The lowest BCUT2D eigenvalue weighted by Gasteiger charge is -2.00. The highest BCUT2D eigenvalue weighted by Crippen LogP contribution is 1.93. The molecule has 0 bridgehead atoms. The van der Waals surface area contributed by atoms with Crippen molar-refractivity contribution in [2.75, 3.05) is 6.61 Å². The summed E-state index contributed by atoms with van der Waals surface area (Å²) in [5.41, 5.74) is 9.48. The Morgan fingerprint density at radius 3 is 2.08 bits per heavy atom. The molecule has 0 heterocycles. The van der Waals surface area contributed by atoms with Crippen molar-refractivity contribution in [1.82, 2.24) is 0 Å². The summed E-state index contributed by atoms with van der Waals surface area (Å²) in [4.78, 5) is 0. The van der Waals surface area contributed by atoms with E-state index in [1.54, 1.807) is 0 Å². The Kier molecular flexibility index (Phi) is 13.0. The number of thiocarbonyl (C=S) groups is 2. The van der Waals surface area contributed by atoms with E-state index in [9.17, 15) is 0 Å². The first-order valence-electron chi connectivity index (χ1n) is 3.91. The minimum Gasteiger partial charge on any atom is -0.487 e. The second-order valence-electron chi connectivity index (χ2n) is 2.21. The lowest BCUT2D eigenvalue weighted by molar-refractivity contribution is 0.297. The van der Waals surface area contributed by atoms with Crippen LogP contribution in [0, 0.1) is 0 Å². The van der Waals surface area contributed by atoms with E-state index in [0.29, 0.717) is 6.61 Å². The summed E-state index contributed by atoms with van der Waals surface area (Å²) in [5.74, 6) is 0. The zero-order chi connectivity index (χ0) is 10.7. The summed E-state index contributed by atoms with van der Waals surface area (Å²) in [6.07, 6.45) is 3.43. The number of rotatable bonds is 4. The number of aliphatic hydroxyl groups excluding tert-OH is 1. The maximum Gasteiger partial charge on any atom is 0.253 e. The largest absolute Gasteiger partial charge is 0.487 e. The van der Waals surface area contributed by atoms with Gasteiger partial charge < -0.3 is 21.3 Å². The Balaban J connectivity index is 0. The topological polar surface area (TPSA) is 81.5 Å². The first-order chi connectivity index (χ1) is 6.00. The van der Waals surface area contributed by atoms with Gasteiger partial charge in [-0.05, 0) is 30.9 Å². The molecule has 0 aromatic heterocycles. The van der Waals surface area contributed by atoms with E-state index in [4.69, 9.17) is 15.6 Å². The molecular formula is C7H16N2O2S2. The van der Waals surface area contributed by atoms with Crippen LogP contribution in [0.5, 0.6) is 0 Å². The lowest BCUT2D eigenvalue weighted by atomic mass is 10.3. The fraction of sp³-hybridized carbons (Fsp3) is 0.714. The molecule has 0 amide bonds. The SMILES string of the molecule is CCCCCOC(N)=S.NC(O)=S. The number of hydrogen-bond donors (Lipinski definition) is 3. The van der Waals surface area contributed by atoms with Crippen molar-refractivity contribution >= 4 is 34.8 Å². The van der Waals surface area contributed by atoms with Crippen LogP contribution in [0.4, 0.5) is 0 Å². The van der Waals surface area contributed by atoms with Crippen molar-refractivity contribution in [3.05, 3.63) is 0 Å². The van der Waals surface area contributed by atoms with Crippen molar-refractivity contribution in [2.45, 2.75) is 26.2 Å². The van der Waals surface area contributed by atoms with Gasteiger partial charge in [-0.1, -0.05) is 19.8 Å². The lowest BCUT2D eigenvalue weighted by Crippen LogP contribution is -2.13. The van der Waals surface area contributed by atoms with Crippen LogP contribution in [0.3, 0.4) is 0 Å². The summed E-state index contributed by atoms with van der Waals surface area (Å²) < 4.78 is 4.85. The van der Waals surface area contributed by atoms with E-state index in [-0.39, 0.29) is 5.17 Å². The van der Waals surface area contributed by atoms with Crippen LogP contribution in [0.25, 0.3) is 0 Å². The number of hydrogen-bond acceptors (Lipinski definition) is 3. The van der Waals surface area contributed by atoms with Crippen LogP contribution >= 0.6 is 24.4 Å². The first-order valence-corrected chi connectivity index (χ1v) is 4.73. The van der Waals surface area contributed by atoms with Crippen LogP contribution in [-0.2, 0) is 4.74 Å². The molecule has 0 aliphatic rings. The summed E-state index contributed by atoms with van der Waals surface area (Å²) >= 11 is 8.37. The predicted molar refractivity (Wildman–Crippen MR) is 61.7 cm³/mol. The second-order valence-corrected chi connectivity index (χ2v) is 3.03. The Hall–Kier alpha value is -0.620. The monoisotopic (exact) mass is 224 g/mol. The zero-order valence-electron chi connectivity index (χ0n) is 7.66. The molecule has 0 fully saturated rings. The summed E-state index contributed by atoms with van der Waals surface area (Å²) in [7, 11) is 0. The fourth-order valence-corrected chi connectivity index (χ4v) is 0.608. The summed E-state index contributed by atoms with van der Waals surface area (Å²) in [6.45, 7) is 2.81.